The number of aliphatic carboxylic acids is 1. The van der Waals surface area contributed by atoms with Crippen LogP contribution >= 0.6 is 0 Å². The summed E-state index contributed by atoms with van der Waals surface area (Å²) in [5.41, 5.74) is 4.21. The maximum atomic E-state index is 11.9. The monoisotopic (exact) mass is 243 g/mol. The van der Waals surface area contributed by atoms with Gasteiger partial charge in [-0.2, -0.15) is 0 Å². The van der Waals surface area contributed by atoms with Gasteiger partial charge in [-0.05, 0) is 12.8 Å². The van der Waals surface area contributed by atoms with E-state index in [-0.39, 0.29) is 6.54 Å². The molecule has 0 aliphatic heterocycles. The zero-order valence-corrected chi connectivity index (χ0v) is 9.49. The van der Waals surface area contributed by atoms with Crippen molar-refractivity contribution in [1.29, 1.82) is 0 Å². The zero-order valence-electron chi connectivity index (χ0n) is 9.49. The van der Waals surface area contributed by atoms with Crippen molar-refractivity contribution < 1.29 is 19.5 Å². The van der Waals surface area contributed by atoms with Crippen molar-refractivity contribution in [3.8, 4) is 0 Å². The third-order valence-corrected chi connectivity index (χ3v) is 2.86. The summed E-state index contributed by atoms with van der Waals surface area (Å²) < 4.78 is 0. The van der Waals surface area contributed by atoms with Gasteiger partial charge in [0, 0.05) is 0 Å². The summed E-state index contributed by atoms with van der Waals surface area (Å²) in [5.74, 6) is -1.96. The number of carbonyl (C=O) groups excluding carboxylic acids is 2. The second-order valence-corrected chi connectivity index (χ2v) is 4.12. The van der Waals surface area contributed by atoms with Gasteiger partial charge in [-0.1, -0.05) is 12.8 Å². The lowest BCUT2D eigenvalue weighted by atomic mass is 9.96. The molecule has 5 N–H and O–H groups in total. The first-order valence-electron chi connectivity index (χ1n) is 5.51. The van der Waals surface area contributed by atoms with E-state index >= 15 is 0 Å². The van der Waals surface area contributed by atoms with Crippen LogP contribution in [0, 0.1) is 0 Å². The summed E-state index contributed by atoms with van der Waals surface area (Å²) in [5, 5.41) is 13.4. The van der Waals surface area contributed by atoms with Crippen molar-refractivity contribution in [2.45, 2.75) is 31.2 Å². The highest BCUT2D eigenvalue weighted by Gasteiger charge is 2.42. The second-order valence-electron chi connectivity index (χ2n) is 4.12. The number of rotatable bonds is 5. The second kappa shape index (κ2) is 5.62. The molecule has 0 aromatic rings. The molecule has 0 unspecified atom stereocenters. The predicted octanol–water partition coefficient (Wildman–Crippen LogP) is -1.43. The van der Waals surface area contributed by atoms with E-state index in [1.54, 1.807) is 0 Å². The van der Waals surface area contributed by atoms with E-state index in [1.807, 2.05) is 0 Å². The molecule has 1 fully saturated rings. The minimum Gasteiger partial charge on any atom is -0.480 e. The first-order chi connectivity index (χ1) is 8.00. The van der Waals surface area contributed by atoms with Crippen LogP contribution in [0.5, 0.6) is 0 Å². The fraction of sp³-hybridized carbons (Fsp3) is 0.700. The van der Waals surface area contributed by atoms with Crippen molar-refractivity contribution in [1.82, 2.24) is 10.6 Å². The van der Waals surface area contributed by atoms with Crippen LogP contribution in [0.25, 0.3) is 0 Å². The fourth-order valence-corrected chi connectivity index (χ4v) is 2.03. The van der Waals surface area contributed by atoms with Crippen LogP contribution in [0.1, 0.15) is 25.7 Å². The van der Waals surface area contributed by atoms with E-state index in [9.17, 15) is 14.4 Å². The maximum absolute atomic E-state index is 11.9. The lowest BCUT2D eigenvalue weighted by Crippen LogP contribution is -2.58. The van der Waals surface area contributed by atoms with Gasteiger partial charge in [-0.25, -0.2) is 0 Å². The quantitative estimate of drug-likeness (QED) is 0.472. The van der Waals surface area contributed by atoms with E-state index < -0.39 is 29.9 Å². The first-order valence-corrected chi connectivity index (χ1v) is 5.51. The third kappa shape index (κ3) is 3.42. The zero-order chi connectivity index (χ0) is 12.9. The average molecular weight is 243 g/mol. The number of hydrogen-bond acceptors (Lipinski definition) is 4. The lowest BCUT2D eigenvalue weighted by molar-refractivity contribution is -0.139. The van der Waals surface area contributed by atoms with Crippen molar-refractivity contribution >= 4 is 17.8 Å². The van der Waals surface area contributed by atoms with Gasteiger partial charge in [0.25, 0.3) is 0 Å². The molecule has 0 bridgehead atoms. The Hall–Kier alpha value is -1.63. The Morgan fingerprint density at radius 1 is 1.24 bits per heavy atom. The standard InChI is InChI=1S/C10H17N3O4/c11-5-7(14)13-10(3-1-2-4-10)9(17)12-6-8(15)16/h1-6,11H2,(H,12,17)(H,13,14)(H,15,16). The van der Waals surface area contributed by atoms with Gasteiger partial charge in [0.05, 0.1) is 6.54 Å². The molecular formula is C10H17N3O4. The summed E-state index contributed by atoms with van der Waals surface area (Å²) in [6.07, 6.45) is 2.69. The largest absolute Gasteiger partial charge is 0.480 e. The fourth-order valence-electron chi connectivity index (χ4n) is 2.03. The number of amides is 2. The van der Waals surface area contributed by atoms with Crippen LogP contribution in [-0.4, -0.2) is 41.5 Å². The van der Waals surface area contributed by atoms with Crippen LogP contribution in [0.15, 0.2) is 0 Å². The Kier molecular flexibility index (Phi) is 4.45. The Bertz CT molecular complexity index is 324. The van der Waals surface area contributed by atoms with Gasteiger partial charge in [-0.15, -0.1) is 0 Å². The van der Waals surface area contributed by atoms with E-state index in [0.717, 1.165) is 12.8 Å². The van der Waals surface area contributed by atoms with Gasteiger partial charge in [0.1, 0.15) is 12.1 Å². The summed E-state index contributed by atoms with van der Waals surface area (Å²) in [6, 6.07) is 0. The Morgan fingerprint density at radius 2 is 1.82 bits per heavy atom. The molecule has 0 radical (unpaired) electrons. The number of carboxylic acids is 1. The van der Waals surface area contributed by atoms with Crippen molar-refractivity contribution in [2.75, 3.05) is 13.1 Å². The highest BCUT2D eigenvalue weighted by atomic mass is 16.4. The molecule has 0 atom stereocenters. The smallest absolute Gasteiger partial charge is 0.322 e. The average Bonchev–Trinajstić information content (AvgIpc) is 2.75. The lowest BCUT2D eigenvalue weighted by Gasteiger charge is -2.28. The topological polar surface area (TPSA) is 122 Å². The third-order valence-electron chi connectivity index (χ3n) is 2.86. The van der Waals surface area contributed by atoms with E-state index in [1.165, 1.54) is 0 Å². The van der Waals surface area contributed by atoms with Crippen LogP contribution in [0.4, 0.5) is 0 Å². The van der Waals surface area contributed by atoms with Crippen LogP contribution < -0.4 is 16.4 Å². The number of nitrogens with two attached hydrogens (primary N) is 1. The molecular weight excluding hydrogens is 226 g/mol. The van der Waals surface area contributed by atoms with Crippen LogP contribution in [0.3, 0.4) is 0 Å². The molecule has 7 heteroatoms. The Balaban J connectivity index is 2.66. The molecule has 96 valence electrons. The molecule has 7 nitrogen and oxygen atoms in total. The van der Waals surface area contributed by atoms with Crippen LogP contribution in [-0.2, 0) is 14.4 Å². The van der Waals surface area contributed by atoms with Gasteiger partial charge < -0.3 is 21.5 Å². The van der Waals surface area contributed by atoms with E-state index in [0.29, 0.717) is 12.8 Å². The van der Waals surface area contributed by atoms with Gasteiger partial charge in [0.15, 0.2) is 0 Å². The molecule has 1 aliphatic rings. The number of carbonyl (C=O) groups is 3. The first kappa shape index (κ1) is 13.4. The molecule has 0 heterocycles. The number of nitrogens with one attached hydrogen (secondary N) is 2. The molecule has 17 heavy (non-hydrogen) atoms. The number of hydrogen-bond donors (Lipinski definition) is 4. The highest BCUT2D eigenvalue weighted by molar-refractivity contribution is 5.93. The molecule has 0 saturated heterocycles. The SMILES string of the molecule is NCC(=O)NC1(C(=O)NCC(=O)O)CCCC1. The summed E-state index contributed by atoms with van der Waals surface area (Å²) in [4.78, 5) is 33.6. The molecule has 0 spiro atoms. The predicted molar refractivity (Wildman–Crippen MR) is 59.0 cm³/mol. The van der Waals surface area contributed by atoms with Crippen LogP contribution in [0.2, 0.25) is 0 Å². The minimum absolute atomic E-state index is 0.187. The molecule has 0 aromatic carbocycles. The van der Waals surface area contributed by atoms with Gasteiger partial charge >= 0.3 is 5.97 Å². The summed E-state index contributed by atoms with van der Waals surface area (Å²) in [7, 11) is 0. The summed E-state index contributed by atoms with van der Waals surface area (Å²) >= 11 is 0. The molecule has 0 aromatic heterocycles. The van der Waals surface area contributed by atoms with Crippen molar-refractivity contribution in [3.05, 3.63) is 0 Å². The van der Waals surface area contributed by atoms with Crippen molar-refractivity contribution in [2.24, 2.45) is 5.73 Å². The Morgan fingerprint density at radius 3 is 2.29 bits per heavy atom. The minimum atomic E-state index is -1.11. The van der Waals surface area contributed by atoms with Gasteiger partial charge in [0.2, 0.25) is 11.8 Å². The molecule has 1 rings (SSSR count). The van der Waals surface area contributed by atoms with Crippen molar-refractivity contribution in [3.63, 3.8) is 0 Å². The van der Waals surface area contributed by atoms with E-state index in [4.69, 9.17) is 10.8 Å². The molecule has 2 amide bonds. The molecule has 1 saturated carbocycles. The summed E-state index contributed by atoms with van der Waals surface area (Å²) in [6.45, 7) is -0.632. The highest BCUT2D eigenvalue weighted by Crippen LogP contribution is 2.29. The van der Waals surface area contributed by atoms with E-state index in [2.05, 4.69) is 10.6 Å². The maximum Gasteiger partial charge on any atom is 0.322 e. The molecule has 1 aliphatic carbocycles. The Labute approximate surface area is 98.7 Å². The number of carboxylic acid groups (broad SMARTS) is 1. The normalized spacial score (nSPS) is 17.5. The van der Waals surface area contributed by atoms with Gasteiger partial charge in [-0.3, -0.25) is 14.4 Å².